The average molecular weight is 271 g/mol. The lowest BCUT2D eigenvalue weighted by molar-refractivity contribution is -0.113. The number of thioether (sulfide) groups is 1. The van der Waals surface area contributed by atoms with Crippen molar-refractivity contribution < 1.29 is 19.4 Å². The first kappa shape index (κ1) is 14.4. The summed E-state index contributed by atoms with van der Waals surface area (Å²) in [6, 6.07) is 0. The number of ether oxygens (including phenoxy) is 1. The highest BCUT2D eigenvalue weighted by Crippen LogP contribution is 2.09. The van der Waals surface area contributed by atoms with Crippen LogP contribution in [0, 0.1) is 0 Å². The van der Waals surface area contributed by atoms with Gasteiger partial charge in [-0.1, -0.05) is 0 Å². The number of nitrogens with zero attached hydrogens (tertiary/aromatic N) is 2. The number of rotatable bonds is 7. The maximum Gasteiger partial charge on any atom is 0.358 e. The van der Waals surface area contributed by atoms with Gasteiger partial charge in [-0.3, -0.25) is 4.79 Å². The highest BCUT2D eigenvalue weighted by atomic mass is 32.2. The molecule has 18 heavy (non-hydrogen) atoms. The first-order valence-electron chi connectivity index (χ1n) is 5.06. The van der Waals surface area contributed by atoms with Gasteiger partial charge in [0, 0.05) is 25.3 Å². The lowest BCUT2D eigenvalue weighted by atomic mass is 10.4. The van der Waals surface area contributed by atoms with Gasteiger partial charge in [0.2, 0.25) is 5.91 Å². The number of carboxylic acid groups (broad SMARTS) is 1. The fourth-order valence-corrected chi connectivity index (χ4v) is 1.75. The molecule has 0 bridgehead atoms. The molecule has 0 fully saturated rings. The van der Waals surface area contributed by atoms with Crippen LogP contribution in [0.2, 0.25) is 0 Å². The number of nitrogens with one attached hydrogen (secondary N) is 1. The lowest BCUT2D eigenvalue weighted by Gasteiger charge is -2.05. The normalized spacial score (nSPS) is 10.1. The van der Waals surface area contributed by atoms with Gasteiger partial charge in [0.25, 0.3) is 0 Å². The Morgan fingerprint density at radius 1 is 1.44 bits per heavy atom. The zero-order valence-corrected chi connectivity index (χ0v) is 10.6. The number of methoxy groups -OCH3 is 1. The topological polar surface area (TPSA) is 101 Å². The molecule has 0 saturated heterocycles. The van der Waals surface area contributed by atoms with E-state index >= 15 is 0 Å². The number of anilines is 1. The summed E-state index contributed by atoms with van der Waals surface area (Å²) in [6.45, 7) is 0.559. The Labute approximate surface area is 108 Å². The van der Waals surface area contributed by atoms with Crippen LogP contribution >= 0.6 is 11.8 Å². The second-order valence-corrected chi connectivity index (χ2v) is 4.26. The second kappa shape index (κ2) is 7.62. The Balaban J connectivity index is 2.51. The maximum atomic E-state index is 11.5. The molecule has 0 spiro atoms. The van der Waals surface area contributed by atoms with Crippen LogP contribution in [0.1, 0.15) is 10.5 Å². The summed E-state index contributed by atoms with van der Waals surface area (Å²) in [4.78, 5) is 29.8. The average Bonchev–Trinajstić information content (AvgIpc) is 2.35. The molecule has 0 atom stereocenters. The van der Waals surface area contributed by atoms with Gasteiger partial charge in [-0.2, -0.15) is 0 Å². The lowest BCUT2D eigenvalue weighted by Crippen LogP contribution is -2.19. The molecule has 0 aliphatic carbocycles. The molecular weight excluding hydrogens is 258 g/mol. The molecule has 7 nitrogen and oxygen atoms in total. The van der Waals surface area contributed by atoms with Crippen LogP contribution < -0.4 is 5.32 Å². The summed E-state index contributed by atoms with van der Waals surface area (Å²) in [5.74, 6) is -0.693. The first-order valence-corrected chi connectivity index (χ1v) is 6.21. The van der Waals surface area contributed by atoms with Gasteiger partial charge in [0.05, 0.1) is 12.4 Å². The number of carbonyl (C=O) groups is 2. The molecule has 0 aromatic carbocycles. The smallest absolute Gasteiger partial charge is 0.358 e. The van der Waals surface area contributed by atoms with E-state index in [-0.39, 0.29) is 23.2 Å². The van der Waals surface area contributed by atoms with Gasteiger partial charge in [0.1, 0.15) is 0 Å². The SMILES string of the molecule is COCCSCC(=O)Nc1nccnc1C(=O)O. The molecule has 0 radical (unpaired) electrons. The van der Waals surface area contributed by atoms with Crippen molar-refractivity contribution in [2.45, 2.75) is 0 Å². The van der Waals surface area contributed by atoms with E-state index in [4.69, 9.17) is 9.84 Å². The number of carboxylic acids is 1. The van der Waals surface area contributed by atoms with E-state index in [1.807, 2.05) is 0 Å². The minimum atomic E-state index is -1.23. The van der Waals surface area contributed by atoms with Gasteiger partial charge in [-0.15, -0.1) is 11.8 Å². The summed E-state index contributed by atoms with van der Waals surface area (Å²) in [5.41, 5.74) is -0.271. The predicted molar refractivity (Wildman–Crippen MR) is 66.8 cm³/mol. The molecule has 8 heteroatoms. The fraction of sp³-hybridized carbons (Fsp3) is 0.400. The number of amides is 1. The maximum absolute atomic E-state index is 11.5. The molecule has 1 aromatic rings. The Bertz CT molecular complexity index is 427. The van der Waals surface area contributed by atoms with E-state index in [1.165, 1.54) is 24.2 Å². The number of hydrogen-bond donors (Lipinski definition) is 2. The van der Waals surface area contributed by atoms with Crippen LogP contribution in [0.25, 0.3) is 0 Å². The van der Waals surface area contributed by atoms with Crippen molar-refractivity contribution in [2.75, 3.05) is 30.5 Å². The number of aromatic carboxylic acids is 1. The van der Waals surface area contributed by atoms with Crippen molar-refractivity contribution >= 4 is 29.5 Å². The molecule has 1 amide bonds. The zero-order valence-electron chi connectivity index (χ0n) is 9.75. The Hall–Kier alpha value is -1.67. The molecular formula is C10H13N3O4S. The van der Waals surface area contributed by atoms with E-state index in [1.54, 1.807) is 7.11 Å². The highest BCUT2D eigenvalue weighted by Gasteiger charge is 2.14. The number of aromatic nitrogens is 2. The van der Waals surface area contributed by atoms with Crippen LogP contribution in [0.5, 0.6) is 0 Å². The monoisotopic (exact) mass is 271 g/mol. The quantitative estimate of drug-likeness (QED) is 0.696. The van der Waals surface area contributed by atoms with E-state index in [2.05, 4.69) is 15.3 Å². The molecule has 0 aliphatic heterocycles. The molecule has 1 heterocycles. The van der Waals surface area contributed by atoms with E-state index < -0.39 is 5.97 Å². The molecule has 1 rings (SSSR count). The van der Waals surface area contributed by atoms with Crippen molar-refractivity contribution in [3.63, 3.8) is 0 Å². The largest absolute Gasteiger partial charge is 0.476 e. The zero-order chi connectivity index (χ0) is 13.4. The van der Waals surface area contributed by atoms with Gasteiger partial charge in [-0.25, -0.2) is 14.8 Å². The van der Waals surface area contributed by atoms with Crippen LogP contribution in [0.15, 0.2) is 12.4 Å². The summed E-state index contributed by atoms with van der Waals surface area (Å²) in [7, 11) is 1.58. The Morgan fingerprint density at radius 2 is 2.17 bits per heavy atom. The number of carbonyl (C=O) groups excluding carboxylic acids is 1. The Kier molecular flexibility index (Phi) is 6.09. The van der Waals surface area contributed by atoms with Crippen molar-refractivity contribution in [1.82, 2.24) is 9.97 Å². The third-order valence-corrected chi connectivity index (χ3v) is 2.75. The standard InChI is InChI=1S/C10H13N3O4S/c1-17-4-5-18-6-7(14)13-9-8(10(15)16)11-2-3-12-9/h2-3H,4-6H2,1H3,(H,15,16)(H,12,13,14). The summed E-state index contributed by atoms with van der Waals surface area (Å²) in [5, 5.41) is 11.3. The summed E-state index contributed by atoms with van der Waals surface area (Å²) < 4.78 is 4.84. The Morgan fingerprint density at radius 3 is 2.83 bits per heavy atom. The van der Waals surface area contributed by atoms with Gasteiger partial charge >= 0.3 is 5.97 Å². The molecule has 0 saturated carbocycles. The van der Waals surface area contributed by atoms with Crippen molar-refractivity contribution in [1.29, 1.82) is 0 Å². The first-order chi connectivity index (χ1) is 8.65. The van der Waals surface area contributed by atoms with Gasteiger partial charge in [-0.05, 0) is 0 Å². The predicted octanol–water partition coefficient (Wildman–Crippen LogP) is 0.493. The fourth-order valence-electron chi connectivity index (χ4n) is 1.06. The van der Waals surface area contributed by atoms with Crippen LogP contribution in [0.3, 0.4) is 0 Å². The van der Waals surface area contributed by atoms with Crippen molar-refractivity contribution in [3.05, 3.63) is 18.1 Å². The molecule has 0 unspecified atom stereocenters. The second-order valence-electron chi connectivity index (χ2n) is 3.15. The molecule has 0 aliphatic rings. The van der Waals surface area contributed by atoms with E-state index in [0.29, 0.717) is 12.4 Å². The summed E-state index contributed by atoms with van der Waals surface area (Å²) >= 11 is 1.39. The van der Waals surface area contributed by atoms with E-state index in [9.17, 15) is 9.59 Å². The van der Waals surface area contributed by atoms with Crippen LogP contribution in [0.4, 0.5) is 5.82 Å². The van der Waals surface area contributed by atoms with Gasteiger partial charge in [0.15, 0.2) is 11.5 Å². The summed E-state index contributed by atoms with van der Waals surface area (Å²) in [6.07, 6.45) is 2.58. The van der Waals surface area contributed by atoms with E-state index in [0.717, 1.165) is 0 Å². The molecule has 98 valence electrons. The van der Waals surface area contributed by atoms with Gasteiger partial charge < -0.3 is 15.2 Å². The molecule has 2 N–H and O–H groups in total. The molecule has 1 aromatic heterocycles. The minimum Gasteiger partial charge on any atom is -0.476 e. The minimum absolute atomic E-state index is 0.0395. The van der Waals surface area contributed by atoms with Crippen molar-refractivity contribution in [2.24, 2.45) is 0 Å². The van der Waals surface area contributed by atoms with Crippen molar-refractivity contribution in [3.8, 4) is 0 Å². The number of hydrogen-bond acceptors (Lipinski definition) is 6. The van der Waals surface area contributed by atoms with Crippen LogP contribution in [-0.4, -0.2) is 52.2 Å². The third-order valence-electron chi connectivity index (χ3n) is 1.82. The van der Waals surface area contributed by atoms with Crippen LogP contribution in [-0.2, 0) is 9.53 Å². The highest BCUT2D eigenvalue weighted by molar-refractivity contribution is 7.99. The third kappa shape index (κ3) is 4.68.